The molecule has 0 atom stereocenters. The van der Waals surface area contributed by atoms with Crippen LogP contribution in [0.5, 0.6) is 0 Å². The molecule has 0 N–H and O–H groups in total. The van der Waals surface area contributed by atoms with Crippen molar-refractivity contribution in [3.05, 3.63) is 64.6 Å². The Morgan fingerprint density at radius 3 is 2.79 bits per heavy atom. The first kappa shape index (κ1) is 15.0. The molecule has 120 valence electrons. The lowest BCUT2D eigenvalue weighted by Crippen LogP contribution is -2.27. The summed E-state index contributed by atoms with van der Waals surface area (Å²) in [6.45, 7) is 6.22. The number of rotatable bonds is 0. The van der Waals surface area contributed by atoms with E-state index < -0.39 is 0 Å². The summed E-state index contributed by atoms with van der Waals surface area (Å²) in [6, 6.07) is 14.1. The lowest BCUT2D eigenvalue weighted by Gasteiger charge is -2.23. The number of nitrogens with zero attached hydrogens (tertiary/aromatic N) is 3. The van der Waals surface area contributed by atoms with Crippen LogP contribution in [-0.4, -0.2) is 28.0 Å². The van der Waals surface area contributed by atoms with E-state index in [2.05, 4.69) is 58.6 Å². The molecule has 4 rings (SSSR count). The maximum Gasteiger partial charge on any atom is 0.0618 e. The minimum atomic E-state index is 0.955. The van der Waals surface area contributed by atoms with Gasteiger partial charge in [-0.2, -0.15) is 0 Å². The van der Waals surface area contributed by atoms with Gasteiger partial charge >= 0.3 is 0 Å². The Labute approximate surface area is 142 Å². The van der Waals surface area contributed by atoms with Crippen LogP contribution in [0, 0.1) is 25.8 Å². The van der Waals surface area contributed by atoms with Crippen LogP contribution in [0.4, 0.5) is 0 Å². The summed E-state index contributed by atoms with van der Waals surface area (Å²) in [7, 11) is 2.19. The SMILES string of the molecule is Cc1ccc2c(c1)c1c(n2C#Cc2ccc(C)nc2)CCN(C)C1. The minimum absolute atomic E-state index is 0.955. The fourth-order valence-corrected chi connectivity index (χ4v) is 3.40. The van der Waals surface area contributed by atoms with E-state index in [0.29, 0.717) is 0 Å². The van der Waals surface area contributed by atoms with Crippen LogP contribution in [0.1, 0.15) is 28.1 Å². The first-order chi connectivity index (χ1) is 11.6. The molecule has 1 aliphatic rings. The van der Waals surface area contributed by atoms with Gasteiger partial charge in [-0.1, -0.05) is 11.6 Å². The number of pyridine rings is 1. The van der Waals surface area contributed by atoms with Gasteiger partial charge in [0.15, 0.2) is 0 Å². The quantitative estimate of drug-likeness (QED) is 0.592. The molecular weight excluding hydrogens is 294 g/mol. The van der Waals surface area contributed by atoms with Crippen LogP contribution in [0.15, 0.2) is 36.5 Å². The number of hydrogen-bond donors (Lipinski definition) is 0. The first-order valence-electron chi connectivity index (χ1n) is 8.38. The van der Waals surface area contributed by atoms with Crippen molar-refractivity contribution >= 4 is 10.9 Å². The zero-order chi connectivity index (χ0) is 16.7. The van der Waals surface area contributed by atoms with Crippen molar-refractivity contribution in [2.75, 3.05) is 13.6 Å². The number of aryl methyl sites for hydroxylation is 2. The Morgan fingerprint density at radius 1 is 1.12 bits per heavy atom. The maximum absolute atomic E-state index is 4.33. The first-order valence-corrected chi connectivity index (χ1v) is 8.38. The summed E-state index contributed by atoms with van der Waals surface area (Å²) >= 11 is 0. The van der Waals surface area contributed by atoms with Crippen LogP contribution in [0.3, 0.4) is 0 Å². The average Bonchev–Trinajstić information content (AvgIpc) is 2.87. The molecule has 3 aromatic rings. The number of benzene rings is 1. The van der Waals surface area contributed by atoms with Crippen LogP contribution in [-0.2, 0) is 13.0 Å². The van der Waals surface area contributed by atoms with Gasteiger partial charge in [-0.05, 0) is 56.6 Å². The molecule has 24 heavy (non-hydrogen) atoms. The molecule has 2 aromatic heterocycles. The standard InChI is InChI=1S/C21H21N3/c1-15-4-7-20-18(12-15)19-14-23(3)10-9-21(19)24(20)11-8-17-6-5-16(2)22-13-17/h4-7,12-13H,9-10,14H2,1-3H3. The normalized spacial score (nSPS) is 14.3. The average molecular weight is 315 g/mol. The number of hydrogen-bond acceptors (Lipinski definition) is 2. The predicted molar refractivity (Wildman–Crippen MR) is 98.0 cm³/mol. The Hall–Kier alpha value is -2.57. The molecule has 1 aromatic carbocycles. The van der Waals surface area contributed by atoms with Crippen molar-refractivity contribution in [2.24, 2.45) is 0 Å². The largest absolute Gasteiger partial charge is 0.302 e. The summed E-state index contributed by atoms with van der Waals surface area (Å²) in [6.07, 6.45) is 2.89. The third kappa shape index (κ3) is 2.60. The second kappa shape index (κ2) is 5.81. The summed E-state index contributed by atoms with van der Waals surface area (Å²) in [4.78, 5) is 6.71. The highest BCUT2D eigenvalue weighted by molar-refractivity contribution is 5.87. The van der Waals surface area contributed by atoms with Gasteiger partial charge in [-0.3, -0.25) is 9.55 Å². The van der Waals surface area contributed by atoms with Gasteiger partial charge in [-0.25, -0.2) is 0 Å². The summed E-state index contributed by atoms with van der Waals surface area (Å²) in [5.41, 5.74) is 7.28. The van der Waals surface area contributed by atoms with E-state index in [4.69, 9.17) is 0 Å². The van der Waals surface area contributed by atoms with Crippen LogP contribution < -0.4 is 0 Å². The highest BCUT2D eigenvalue weighted by Gasteiger charge is 2.21. The molecule has 0 saturated carbocycles. The number of fused-ring (bicyclic) bond motifs is 3. The van der Waals surface area contributed by atoms with Gasteiger partial charge < -0.3 is 4.90 Å². The predicted octanol–water partition coefficient (Wildman–Crippen LogP) is 3.50. The van der Waals surface area contributed by atoms with Gasteiger partial charge in [-0.15, -0.1) is 0 Å². The summed E-state index contributed by atoms with van der Waals surface area (Å²) in [5, 5.41) is 1.34. The highest BCUT2D eigenvalue weighted by Crippen LogP contribution is 2.30. The molecule has 0 radical (unpaired) electrons. The third-order valence-corrected chi connectivity index (χ3v) is 4.72. The molecule has 3 heteroatoms. The monoisotopic (exact) mass is 315 g/mol. The number of aromatic nitrogens is 2. The molecule has 0 amide bonds. The lowest BCUT2D eigenvalue weighted by molar-refractivity contribution is 0.311. The van der Waals surface area contributed by atoms with Crippen LogP contribution in [0.2, 0.25) is 0 Å². The van der Waals surface area contributed by atoms with E-state index in [9.17, 15) is 0 Å². The highest BCUT2D eigenvalue weighted by atomic mass is 15.1. The molecule has 0 bridgehead atoms. The van der Waals surface area contributed by atoms with E-state index in [1.54, 1.807) is 0 Å². The molecule has 0 saturated heterocycles. The fourth-order valence-electron chi connectivity index (χ4n) is 3.40. The fraction of sp³-hybridized carbons (Fsp3) is 0.286. The molecule has 3 heterocycles. The molecule has 3 nitrogen and oxygen atoms in total. The zero-order valence-electron chi connectivity index (χ0n) is 14.4. The Kier molecular flexibility index (Phi) is 3.63. The molecule has 1 aliphatic heterocycles. The van der Waals surface area contributed by atoms with Gasteiger partial charge in [0.25, 0.3) is 0 Å². The minimum Gasteiger partial charge on any atom is -0.302 e. The smallest absolute Gasteiger partial charge is 0.0618 e. The topological polar surface area (TPSA) is 21.1 Å². The summed E-state index contributed by atoms with van der Waals surface area (Å²) in [5.74, 6) is 3.28. The number of likely N-dealkylation sites (N-methyl/N-ethyl adjacent to an activating group) is 1. The van der Waals surface area contributed by atoms with Crippen molar-refractivity contribution in [3.8, 4) is 12.0 Å². The Morgan fingerprint density at radius 2 is 2.00 bits per heavy atom. The Bertz CT molecular complexity index is 968. The zero-order valence-corrected chi connectivity index (χ0v) is 14.4. The van der Waals surface area contributed by atoms with Crippen LogP contribution >= 0.6 is 0 Å². The van der Waals surface area contributed by atoms with Crippen molar-refractivity contribution in [1.82, 2.24) is 14.5 Å². The summed E-state index contributed by atoms with van der Waals surface area (Å²) < 4.78 is 2.19. The Balaban J connectivity index is 1.88. The van der Waals surface area contributed by atoms with Crippen molar-refractivity contribution < 1.29 is 0 Å². The van der Waals surface area contributed by atoms with Crippen molar-refractivity contribution in [2.45, 2.75) is 26.8 Å². The van der Waals surface area contributed by atoms with Gasteiger partial charge in [0.1, 0.15) is 0 Å². The van der Waals surface area contributed by atoms with E-state index in [-0.39, 0.29) is 0 Å². The van der Waals surface area contributed by atoms with Gasteiger partial charge in [0, 0.05) is 54.1 Å². The second-order valence-corrected chi connectivity index (χ2v) is 6.69. The van der Waals surface area contributed by atoms with Gasteiger partial charge in [0.05, 0.1) is 5.52 Å². The molecule has 0 unspecified atom stereocenters. The molecule has 0 fully saturated rings. The van der Waals surface area contributed by atoms with Gasteiger partial charge in [0.2, 0.25) is 0 Å². The maximum atomic E-state index is 4.33. The van der Waals surface area contributed by atoms with E-state index >= 15 is 0 Å². The van der Waals surface area contributed by atoms with E-state index in [1.807, 2.05) is 25.3 Å². The van der Waals surface area contributed by atoms with E-state index in [0.717, 1.165) is 30.8 Å². The second-order valence-electron chi connectivity index (χ2n) is 6.69. The molecule has 0 spiro atoms. The third-order valence-electron chi connectivity index (χ3n) is 4.72. The molecule has 0 aliphatic carbocycles. The van der Waals surface area contributed by atoms with E-state index in [1.165, 1.54) is 27.7 Å². The lowest BCUT2D eigenvalue weighted by atomic mass is 10.0. The van der Waals surface area contributed by atoms with Crippen LogP contribution in [0.25, 0.3) is 10.9 Å². The van der Waals surface area contributed by atoms with Crippen molar-refractivity contribution in [1.29, 1.82) is 0 Å². The molecular formula is C21H21N3. The van der Waals surface area contributed by atoms with Crippen molar-refractivity contribution in [3.63, 3.8) is 0 Å².